The van der Waals surface area contributed by atoms with Crippen LogP contribution >= 0.6 is 11.5 Å². The first-order valence-electron chi connectivity index (χ1n) is 7.81. The summed E-state index contributed by atoms with van der Waals surface area (Å²) in [6, 6.07) is 0. The lowest BCUT2D eigenvalue weighted by molar-refractivity contribution is 0.0530. The van der Waals surface area contributed by atoms with Crippen LogP contribution in [0, 0.1) is 0 Å². The maximum absolute atomic E-state index is 12.7. The molecule has 1 unspecified atom stereocenters. The minimum Gasteiger partial charge on any atom is -0.471 e. The molecule has 23 heavy (non-hydrogen) atoms. The molecule has 3 heterocycles. The first-order chi connectivity index (χ1) is 11.3. The SMILES string of the molecule is CCCc1nnsc1C(=O)N1CCCC(Oc2cnccn2)C1. The van der Waals surface area contributed by atoms with Crippen LogP contribution in [0.2, 0.25) is 0 Å². The zero-order valence-corrected chi connectivity index (χ0v) is 13.8. The molecule has 0 aliphatic carbocycles. The Balaban J connectivity index is 1.66. The number of hydrogen-bond acceptors (Lipinski definition) is 7. The molecule has 2 aromatic heterocycles. The molecule has 0 spiro atoms. The van der Waals surface area contributed by atoms with Crippen molar-refractivity contribution in [1.82, 2.24) is 24.5 Å². The predicted molar refractivity (Wildman–Crippen MR) is 85.5 cm³/mol. The van der Waals surface area contributed by atoms with Crippen molar-refractivity contribution in [1.29, 1.82) is 0 Å². The molecule has 1 aliphatic rings. The Hall–Kier alpha value is -2.09. The van der Waals surface area contributed by atoms with Crippen LogP contribution in [-0.4, -0.2) is 49.6 Å². The Kier molecular flexibility index (Phi) is 5.12. The zero-order valence-electron chi connectivity index (χ0n) is 13.0. The standard InChI is InChI=1S/C15H19N5O2S/c1-2-4-12-14(23-19-18-12)15(21)20-8-3-5-11(10-20)22-13-9-16-6-7-17-13/h6-7,9,11H,2-5,8,10H2,1H3. The number of piperidine rings is 1. The summed E-state index contributed by atoms with van der Waals surface area (Å²) in [5.74, 6) is 0.508. The first kappa shape index (κ1) is 15.8. The minimum absolute atomic E-state index is 0.0101. The second-order valence-electron chi connectivity index (χ2n) is 5.48. The Morgan fingerprint density at radius 1 is 1.48 bits per heavy atom. The van der Waals surface area contributed by atoms with E-state index >= 15 is 0 Å². The summed E-state index contributed by atoms with van der Waals surface area (Å²) in [7, 11) is 0. The number of nitrogens with zero attached hydrogens (tertiary/aromatic N) is 5. The molecule has 1 aliphatic heterocycles. The van der Waals surface area contributed by atoms with Crippen LogP contribution in [0.4, 0.5) is 0 Å². The molecule has 1 saturated heterocycles. The summed E-state index contributed by atoms with van der Waals surface area (Å²) < 4.78 is 9.77. The first-order valence-corrected chi connectivity index (χ1v) is 8.58. The van der Waals surface area contributed by atoms with Gasteiger partial charge in [0.1, 0.15) is 11.0 Å². The summed E-state index contributed by atoms with van der Waals surface area (Å²) in [5.41, 5.74) is 0.805. The number of hydrogen-bond donors (Lipinski definition) is 0. The largest absolute Gasteiger partial charge is 0.471 e. The van der Waals surface area contributed by atoms with E-state index in [2.05, 4.69) is 26.5 Å². The second-order valence-corrected chi connectivity index (χ2v) is 6.23. The molecule has 2 aromatic rings. The minimum atomic E-state index is -0.0556. The maximum Gasteiger partial charge on any atom is 0.267 e. The molecule has 1 amide bonds. The Bertz CT molecular complexity index is 648. The van der Waals surface area contributed by atoms with Gasteiger partial charge in [0, 0.05) is 18.9 Å². The van der Waals surface area contributed by atoms with Crippen molar-refractivity contribution >= 4 is 17.4 Å². The topological polar surface area (TPSA) is 81.1 Å². The van der Waals surface area contributed by atoms with Gasteiger partial charge in [0.15, 0.2) is 0 Å². The highest BCUT2D eigenvalue weighted by molar-refractivity contribution is 7.08. The molecule has 3 rings (SSSR count). The third-order valence-corrected chi connectivity index (χ3v) is 4.49. The highest BCUT2D eigenvalue weighted by Gasteiger charge is 2.28. The van der Waals surface area contributed by atoms with Crippen molar-refractivity contribution in [2.75, 3.05) is 13.1 Å². The highest BCUT2D eigenvalue weighted by Crippen LogP contribution is 2.21. The van der Waals surface area contributed by atoms with Gasteiger partial charge < -0.3 is 9.64 Å². The zero-order chi connectivity index (χ0) is 16.1. The summed E-state index contributed by atoms with van der Waals surface area (Å²) in [4.78, 5) is 23.3. The number of ether oxygens (including phenoxy) is 1. The van der Waals surface area contributed by atoms with Gasteiger partial charge in [-0.3, -0.25) is 9.78 Å². The second kappa shape index (κ2) is 7.45. The number of carbonyl (C=O) groups excluding carboxylic acids is 1. The number of amides is 1. The molecule has 0 bridgehead atoms. The van der Waals surface area contributed by atoms with Gasteiger partial charge in [-0.25, -0.2) is 4.98 Å². The fourth-order valence-electron chi connectivity index (χ4n) is 2.65. The number of carbonyl (C=O) groups is 1. The summed E-state index contributed by atoms with van der Waals surface area (Å²) in [6.07, 6.45) is 8.29. The van der Waals surface area contributed by atoms with Gasteiger partial charge in [-0.15, -0.1) is 5.10 Å². The number of aromatic nitrogens is 4. The fourth-order valence-corrected chi connectivity index (χ4v) is 3.33. The smallest absolute Gasteiger partial charge is 0.267 e. The summed E-state index contributed by atoms with van der Waals surface area (Å²) >= 11 is 1.18. The van der Waals surface area contributed by atoms with Gasteiger partial charge in [-0.2, -0.15) is 0 Å². The normalized spacial score (nSPS) is 18.0. The van der Waals surface area contributed by atoms with Crippen molar-refractivity contribution in [2.45, 2.75) is 38.7 Å². The quantitative estimate of drug-likeness (QED) is 0.832. The van der Waals surface area contributed by atoms with Crippen LogP contribution in [0.5, 0.6) is 5.88 Å². The van der Waals surface area contributed by atoms with E-state index in [-0.39, 0.29) is 12.0 Å². The predicted octanol–water partition coefficient (Wildman–Crippen LogP) is 1.96. The van der Waals surface area contributed by atoms with E-state index in [4.69, 9.17) is 4.74 Å². The number of aryl methyl sites for hydroxylation is 1. The van der Waals surface area contributed by atoms with Crippen molar-refractivity contribution in [2.24, 2.45) is 0 Å². The third kappa shape index (κ3) is 3.82. The summed E-state index contributed by atoms with van der Waals surface area (Å²) in [5, 5.41) is 4.08. The van der Waals surface area contributed by atoms with E-state index in [1.54, 1.807) is 18.6 Å². The van der Waals surface area contributed by atoms with Crippen LogP contribution in [0.25, 0.3) is 0 Å². The molecule has 0 N–H and O–H groups in total. The average molecular weight is 333 g/mol. The molecule has 1 fully saturated rings. The lowest BCUT2D eigenvalue weighted by Gasteiger charge is -2.32. The van der Waals surface area contributed by atoms with Crippen LogP contribution in [0.1, 0.15) is 41.6 Å². The van der Waals surface area contributed by atoms with Crippen molar-refractivity contribution in [3.8, 4) is 5.88 Å². The Labute approximate surface area is 138 Å². The molecule has 0 aromatic carbocycles. The van der Waals surface area contributed by atoms with Crippen LogP contribution in [-0.2, 0) is 6.42 Å². The van der Waals surface area contributed by atoms with E-state index in [9.17, 15) is 4.79 Å². The van der Waals surface area contributed by atoms with Crippen molar-refractivity contribution in [3.63, 3.8) is 0 Å². The summed E-state index contributed by atoms with van der Waals surface area (Å²) in [6.45, 7) is 3.36. The molecule has 8 heteroatoms. The molecule has 7 nitrogen and oxygen atoms in total. The van der Waals surface area contributed by atoms with Crippen molar-refractivity contribution < 1.29 is 9.53 Å². The molecular weight excluding hydrogens is 314 g/mol. The number of rotatable bonds is 5. The monoisotopic (exact) mass is 333 g/mol. The van der Waals surface area contributed by atoms with Crippen molar-refractivity contribution in [3.05, 3.63) is 29.2 Å². The maximum atomic E-state index is 12.7. The Morgan fingerprint density at radius 2 is 2.39 bits per heavy atom. The van der Waals surface area contributed by atoms with Gasteiger partial charge in [0.05, 0.1) is 18.4 Å². The third-order valence-electron chi connectivity index (χ3n) is 3.73. The molecule has 0 radical (unpaired) electrons. The highest BCUT2D eigenvalue weighted by atomic mass is 32.1. The van der Waals surface area contributed by atoms with Crippen LogP contribution in [0.3, 0.4) is 0 Å². The van der Waals surface area contributed by atoms with E-state index in [0.29, 0.717) is 17.3 Å². The lowest BCUT2D eigenvalue weighted by Crippen LogP contribution is -2.44. The molecular formula is C15H19N5O2S. The Morgan fingerprint density at radius 3 is 3.17 bits per heavy atom. The fraction of sp³-hybridized carbons (Fsp3) is 0.533. The van der Waals surface area contributed by atoms with E-state index in [1.807, 2.05) is 4.90 Å². The average Bonchev–Trinajstić information content (AvgIpc) is 3.04. The molecule has 0 saturated carbocycles. The van der Waals surface area contributed by atoms with Gasteiger partial charge in [0.25, 0.3) is 5.91 Å². The molecule has 1 atom stereocenters. The van der Waals surface area contributed by atoms with Crippen LogP contribution in [0.15, 0.2) is 18.6 Å². The lowest BCUT2D eigenvalue weighted by atomic mass is 10.1. The van der Waals surface area contributed by atoms with E-state index in [0.717, 1.165) is 37.9 Å². The van der Waals surface area contributed by atoms with Gasteiger partial charge >= 0.3 is 0 Å². The van der Waals surface area contributed by atoms with Crippen LogP contribution < -0.4 is 4.74 Å². The van der Waals surface area contributed by atoms with Gasteiger partial charge in [-0.05, 0) is 30.8 Å². The van der Waals surface area contributed by atoms with Gasteiger partial charge in [0.2, 0.25) is 5.88 Å². The van der Waals surface area contributed by atoms with E-state index < -0.39 is 0 Å². The van der Waals surface area contributed by atoms with E-state index in [1.165, 1.54) is 11.5 Å². The number of likely N-dealkylation sites (tertiary alicyclic amines) is 1. The molecule has 122 valence electrons. The van der Waals surface area contributed by atoms with Gasteiger partial charge in [-0.1, -0.05) is 17.8 Å².